The van der Waals surface area contributed by atoms with E-state index in [0.717, 1.165) is 30.8 Å². The van der Waals surface area contributed by atoms with E-state index in [1.807, 2.05) is 0 Å². The summed E-state index contributed by atoms with van der Waals surface area (Å²) in [6, 6.07) is 0. The van der Waals surface area contributed by atoms with Crippen molar-refractivity contribution in [3.8, 4) is 0 Å². The van der Waals surface area contributed by atoms with Crippen LogP contribution in [-0.2, 0) is 28.5 Å². The lowest BCUT2D eigenvalue weighted by atomic mass is 10.2. The molecular formula is C20H40N2O6S. The normalized spacial score (nSPS) is 11.0. The fourth-order valence-corrected chi connectivity index (χ4v) is 3.00. The number of carbonyl (C=O) groups excluding carboxylic acids is 2. The minimum atomic E-state index is 0.0175. The van der Waals surface area contributed by atoms with Gasteiger partial charge in [0, 0.05) is 30.9 Å². The van der Waals surface area contributed by atoms with Crippen LogP contribution in [0.3, 0.4) is 0 Å². The summed E-state index contributed by atoms with van der Waals surface area (Å²) in [5.74, 6) is 2.00. The van der Waals surface area contributed by atoms with Crippen LogP contribution in [0, 0.1) is 0 Å². The molecule has 0 spiro atoms. The van der Waals surface area contributed by atoms with Gasteiger partial charge in [-0.3, -0.25) is 9.59 Å². The third kappa shape index (κ3) is 25.3. The van der Waals surface area contributed by atoms with E-state index < -0.39 is 0 Å². The van der Waals surface area contributed by atoms with E-state index in [-0.39, 0.29) is 11.7 Å². The lowest BCUT2D eigenvalue weighted by Gasteiger charge is -2.08. The number of rotatable bonds is 23. The van der Waals surface area contributed by atoms with Crippen molar-refractivity contribution in [3.05, 3.63) is 0 Å². The maximum Gasteiger partial charge on any atom is 0.222 e. The van der Waals surface area contributed by atoms with Gasteiger partial charge in [0.05, 0.1) is 52.9 Å². The van der Waals surface area contributed by atoms with Gasteiger partial charge in [-0.2, -0.15) is 11.8 Å². The van der Waals surface area contributed by atoms with Gasteiger partial charge in [-0.25, -0.2) is 0 Å². The number of carbonyl (C=O) groups is 2. The average molecular weight is 437 g/mol. The Labute approximate surface area is 179 Å². The van der Waals surface area contributed by atoms with E-state index in [9.17, 15) is 9.59 Å². The molecule has 0 unspecified atom stereocenters. The second-order valence-corrected chi connectivity index (χ2v) is 7.69. The minimum Gasteiger partial charge on any atom is -0.379 e. The van der Waals surface area contributed by atoms with Gasteiger partial charge < -0.3 is 30.0 Å². The number of nitrogens with two attached hydrogens (primary N) is 1. The van der Waals surface area contributed by atoms with Crippen LogP contribution in [0.2, 0.25) is 0 Å². The van der Waals surface area contributed by atoms with Crippen LogP contribution in [-0.4, -0.2) is 89.1 Å². The summed E-state index contributed by atoms with van der Waals surface area (Å²) in [7, 11) is 0. The van der Waals surface area contributed by atoms with Crippen LogP contribution < -0.4 is 11.1 Å². The summed E-state index contributed by atoms with van der Waals surface area (Å²) in [5.41, 5.74) is 5.42. The molecule has 0 aromatic heterocycles. The summed E-state index contributed by atoms with van der Waals surface area (Å²) < 4.78 is 21.6. The van der Waals surface area contributed by atoms with Crippen molar-refractivity contribution in [3.63, 3.8) is 0 Å². The van der Waals surface area contributed by atoms with Gasteiger partial charge >= 0.3 is 0 Å². The van der Waals surface area contributed by atoms with E-state index in [1.165, 1.54) is 0 Å². The quantitative estimate of drug-likeness (QED) is 0.231. The lowest BCUT2D eigenvalue weighted by molar-refractivity contribution is -0.122. The third-order valence-corrected chi connectivity index (χ3v) is 4.71. The minimum absolute atomic E-state index is 0.0175. The Bertz CT molecular complexity index is 388. The first kappa shape index (κ1) is 28.3. The Morgan fingerprint density at radius 3 is 1.93 bits per heavy atom. The van der Waals surface area contributed by atoms with Crippen molar-refractivity contribution in [2.24, 2.45) is 5.73 Å². The van der Waals surface area contributed by atoms with Gasteiger partial charge in [0.15, 0.2) is 0 Å². The molecule has 0 aliphatic carbocycles. The number of amides is 1. The highest BCUT2D eigenvalue weighted by Crippen LogP contribution is 2.02. The maximum atomic E-state index is 11.6. The first-order chi connectivity index (χ1) is 14.2. The van der Waals surface area contributed by atoms with Crippen molar-refractivity contribution < 1.29 is 28.5 Å². The van der Waals surface area contributed by atoms with Crippen LogP contribution in [0.1, 0.15) is 39.0 Å². The zero-order valence-electron chi connectivity index (χ0n) is 18.0. The molecule has 0 bridgehead atoms. The fraction of sp³-hybridized carbons (Fsp3) is 0.900. The summed E-state index contributed by atoms with van der Waals surface area (Å²) in [6.45, 7) is 7.17. The zero-order valence-corrected chi connectivity index (χ0v) is 18.8. The number of thioether (sulfide) groups is 1. The first-order valence-electron chi connectivity index (χ1n) is 10.5. The van der Waals surface area contributed by atoms with E-state index in [0.29, 0.717) is 78.8 Å². The van der Waals surface area contributed by atoms with Gasteiger partial charge in [0.2, 0.25) is 5.91 Å². The highest BCUT2D eigenvalue weighted by Gasteiger charge is 2.00. The van der Waals surface area contributed by atoms with Crippen molar-refractivity contribution >= 4 is 23.5 Å². The monoisotopic (exact) mass is 436 g/mol. The highest BCUT2D eigenvalue weighted by atomic mass is 32.2. The maximum absolute atomic E-state index is 11.6. The van der Waals surface area contributed by atoms with Gasteiger partial charge in [0.25, 0.3) is 0 Å². The van der Waals surface area contributed by atoms with E-state index in [2.05, 4.69) is 5.32 Å². The number of nitrogens with one attached hydrogen (secondary N) is 1. The molecule has 0 fully saturated rings. The Kier molecular flexibility index (Phi) is 23.0. The lowest BCUT2D eigenvalue weighted by Crippen LogP contribution is -2.25. The summed E-state index contributed by atoms with van der Waals surface area (Å²) >= 11 is 1.73. The molecule has 1 amide bonds. The Morgan fingerprint density at radius 1 is 0.759 bits per heavy atom. The number of hydrogen-bond acceptors (Lipinski definition) is 8. The van der Waals surface area contributed by atoms with Crippen LogP contribution in [0.15, 0.2) is 0 Å². The molecule has 0 radical (unpaired) electrons. The van der Waals surface area contributed by atoms with Crippen LogP contribution in [0.25, 0.3) is 0 Å². The fourth-order valence-electron chi connectivity index (χ4n) is 2.12. The number of hydrogen-bond donors (Lipinski definition) is 2. The molecule has 0 saturated heterocycles. The second-order valence-electron chi connectivity index (χ2n) is 6.46. The van der Waals surface area contributed by atoms with Crippen molar-refractivity contribution in [1.29, 1.82) is 0 Å². The number of ether oxygens (including phenoxy) is 4. The second kappa shape index (κ2) is 23.6. The van der Waals surface area contributed by atoms with Gasteiger partial charge in [-0.1, -0.05) is 6.42 Å². The molecule has 0 saturated carbocycles. The van der Waals surface area contributed by atoms with E-state index >= 15 is 0 Å². The van der Waals surface area contributed by atoms with Crippen molar-refractivity contribution in [2.45, 2.75) is 39.0 Å². The number of ketones is 1. The van der Waals surface area contributed by atoms with Crippen LogP contribution >= 0.6 is 11.8 Å². The molecule has 3 N–H and O–H groups in total. The zero-order chi connectivity index (χ0) is 21.4. The summed E-state index contributed by atoms with van der Waals surface area (Å²) in [6.07, 6.45) is 4.01. The third-order valence-electron chi connectivity index (χ3n) is 3.76. The molecule has 0 aromatic rings. The molecule has 9 heteroatoms. The highest BCUT2D eigenvalue weighted by molar-refractivity contribution is 7.99. The topological polar surface area (TPSA) is 109 Å². The largest absolute Gasteiger partial charge is 0.379 e. The molecular weight excluding hydrogens is 396 g/mol. The smallest absolute Gasteiger partial charge is 0.222 e. The summed E-state index contributed by atoms with van der Waals surface area (Å²) in [4.78, 5) is 22.3. The van der Waals surface area contributed by atoms with Crippen molar-refractivity contribution in [1.82, 2.24) is 5.32 Å². The standard InChI is InChI=1S/C20H40N2O6S/c1-19(23)6-17-29-18-16-28-15-14-27-13-12-26-11-10-25-9-5-20(24)22-8-4-2-3-7-21/h2-18,21H2,1H3,(H,22,24). The molecule has 172 valence electrons. The molecule has 8 nitrogen and oxygen atoms in total. The van der Waals surface area contributed by atoms with Gasteiger partial charge in [-0.15, -0.1) is 0 Å². The molecule has 0 aromatic carbocycles. The molecule has 0 heterocycles. The molecule has 0 aliphatic rings. The van der Waals surface area contributed by atoms with Gasteiger partial charge in [0.1, 0.15) is 5.78 Å². The Hall–Kier alpha value is -0.710. The molecule has 0 rings (SSSR count). The predicted molar refractivity (Wildman–Crippen MR) is 116 cm³/mol. The first-order valence-corrected chi connectivity index (χ1v) is 11.7. The Balaban J connectivity index is 3.11. The molecule has 0 atom stereocenters. The van der Waals surface area contributed by atoms with Crippen LogP contribution in [0.4, 0.5) is 0 Å². The Morgan fingerprint density at radius 2 is 1.34 bits per heavy atom. The van der Waals surface area contributed by atoms with Gasteiger partial charge in [-0.05, 0) is 26.3 Å². The molecule has 0 aliphatic heterocycles. The SMILES string of the molecule is CC(=O)CCSCCOCCOCCOCCOCCC(=O)NCCCCCN. The predicted octanol–water partition coefficient (Wildman–Crippen LogP) is 1.40. The van der Waals surface area contributed by atoms with Crippen molar-refractivity contribution in [2.75, 3.05) is 77.5 Å². The number of unbranched alkanes of at least 4 members (excludes halogenated alkanes) is 2. The number of Topliss-reactive ketones (excluding diaryl/α,β-unsaturated/α-hetero) is 1. The van der Waals surface area contributed by atoms with E-state index in [4.69, 9.17) is 24.7 Å². The van der Waals surface area contributed by atoms with Crippen LogP contribution in [0.5, 0.6) is 0 Å². The average Bonchev–Trinajstić information content (AvgIpc) is 2.70. The molecule has 29 heavy (non-hydrogen) atoms. The van der Waals surface area contributed by atoms with E-state index in [1.54, 1.807) is 18.7 Å². The summed E-state index contributed by atoms with van der Waals surface area (Å²) in [5, 5.41) is 2.87.